The molecular weight excluding hydrogens is 368 g/mol. The molecule has 0 radical (unpaired) electrons. The van der Waals surface area contributed by atoms with Gasteiger partial charge in [-0.05, 0) is 35.6 Å². The standard InChI is InChI=1S/C23H28N2O2S/c1-17(2)22(28-16-18-8-4-3-5-9-18)23(27)24-15-19-10-6-11-20(14-19)25-13-7-12-21(25)26/h3-6,8-11,14,17,22H,7,12-13,15-16H2,1-2H3,(H,24,27). The average Bonchev–Trinajstić information content (AvgIpc) is 3.13. The van der Waals surface area contributed by atoms with E-state index >= 15 is 0 Å². The van der Waals surface area contributed by atoms with Crippen molar-refractivity contribution in [3.63, 3.8) is 0 Å². The summed E-state index contributed by atoms with van der Waals surface area (Å²) >= 11 is 1.68. The molecule has 148 valence electrons. The first-order chi connectivity index (χ1) is 13.5. The molecule has 0 spiro atoms. The van der Waals surface area contributed by atoms with E-state index in [0.717, 1.165) is 30.0 Å². The van der Waals surface area contributed by atoms with Gasteiger partial charge in [-0.1, -0.05) is 56.3 Å². The van der Waals surface area contributed by atoms with E-state index in [1.807, 2.05) is 47.4 Å². The van der Waals surface area contributed by atoms with Crippen LogP contribution in [0.5, 0.6) is 0 Å². The molecule has 1 atom stereocenters. The Hall–Kier alpha value is -2.27. The highest BCUT2D eigenvalue weighted by Crippen LogP contribution is 2.25. The topological polar surface area (TPSA) is 49.4 Å². The van der Waals surface area contributed by atoms with Crippen LogP contribution in [0.4, 0.5) is 5.69 Å². The van der Waals surface area contributed by atoms with Crippen molar-refractivity contribution < 1.29 is 9.59 Å². The highest BCUT2D eigenvalue weighted by molar-refractivity contribution is 7.99. The van der Waals surface area contributed by atoms with Gasteiger partial charge in [-0.25, -0.2) is 0 Å². The lowest BCUT2D eigenvalue weighted by Crippen LogP contribution is -2.35. The van der Waals surface area contributed by atoms with E-state index < -0.39 is 0 Å². The molecule has 1 N–H and O–H groups in total. The number of hydrogen-bond donors (Lipinski definition) is 1. The maximum absolute atomic E-state index is 12.8. The van der Waals surface area contributed by atoms with Gasteiger partial charge in [0.15, 0.2) is 0 Å². The van der Waals surface area contributed by atoms with Crippen LogP contribution in [-0.4, -0.2) is 23.6 Å². The van der Waals surface area contributed by atoms with E-state index in [0.29, 0.717) is 13.0 Å². The van der Waals surface area contributed by atoms with E-state index in [-0.39, 0.29) is 23.0 Å². The normalized spacial score (nSPS) is 15.1. The van der Waals surface area contributed by atoms with Crippen LogP contribution >= 0.6 is 11.8 Å². The van der Waals surface area contributed by atoms with Gasteiger partial charge in [-0.3, -0.25) is 9.59 Å². The van der Waals surface area contributed by atoms with Gasteiger partial charge in [0.25, 0.3) is 0 Å². The zero-order valence-electron chi connectivity index (χ0n) is 16.6. The minimum atomic E-state index is -0.0939. The Morgan fingerprint density at radius 3 is 2.54 bits per heavy atom. The van der Waals surface area contributed by atoms with Gasteiger partial charge < -0.3 is 10.2 Å². The molecule has 2 aromatic rings. The fraction of sp³-hybridized carbons (Fsp3) is 0.391. The molecule has 0 saturated carbocycles. The predicted octanol–water partition coefficient (Wildman–Crippen LogP) is 4.39. The molecule has 1 aliphatic heterocycles. The third-order valence-corrected chi connectivity index (χ3v) is 6.52. The van der Waals surface area contributed by atoms with Crippen LogP contribution < -0.4 is 10.2 Å². The summed E-state index contributed by atoms with van der Waals surface area (Å²) in [5.74, 6) is 1.32. The molecule has 0 aromatic heterocycles. The smallest absolute Gasteiger partial charge is 0.233 e. The van der Waals surface area contributed by atoms with Crippen molar-refractivity contribution in [1.82, 2.24) is 5.32 Å². The van der Waals surface area contributed by atoms with Crippen molar-refractivity contribution in [3.8, 4) is 0 Å². The number of carbonyl (C=O) groups is 2. The molecule has 1 saturated heterocycles. The summed E-state index contributed by atoms with van der Waals surface area (Å²) in [4.78, 5) is 26.6. The van der Waals surface area contributed by atoms with Crippen molar-refractivity contribution >= 4 is 29.3 Å². The number of thioether (sulfide) groups is 1. The van der Waals surface area contributed by atoms with Gasteiger partial charge in [-0.2, -0.15) is 0 Å². The highest BCUT2D eigenvalue weighted by atomic mass is 32.2. The predicted molar refractivity (Wildman–Crippen MR) is 116 cm³/mol. The number of hydrogen-bond acceptors (Lipinski definition) is 3. The molecule has 1 fully saturated rings. The van der Waals surface area contributed by atoms with Gasteiger partial charge in [-0.15, -0.1) is 11.8 Å². The maximum atomic E-state index is 12.8. The molecule has 2 amide bonds. The molecule has 1 heterocycles. The highest BCUT2D eigenvalue weighted by Gasteiger charge is 2.23. The summed E-state index contributed by atoms with van der Waals surface area (Å²) in [7, 11) is 0. The number of nitrogens with zero attached hydrogens (tertiary/aromatic N) is 1. The zero-order chi connectivity index (χ0) is 19.9. The third-order valence-electron chi connectivity index (χ3n) is 4.90. The fourth-order valence-corrected chi connectivity index (χ4v) is 4.56. The molecule has 4 nitrogen and oxygen atoms in total. The van der Waals surface area contributed by atoms with Crippen LogP contribution in [-0.2, 0) is 21.9 Å². The number of anilines is 1. The Balaban J connectivity index is 1.57. The van der Waals surface area contributed by atoms with Crippen LogP contribution in [0, 0.1) is 5.92 Å². The second-order valence-corrected chi connectivity index (χ2v) is 8.63. The van der Waals surface area contributed by atoms with Crippen LogP contribution in [0.3, 0.4) is 0 Å². The van der Waals surface area contributed by atoms with Gasteiger partial charge in [0, 0.05) is 31.0 Å². The third kappa shape index (κ3) is 5.38. The Kier molecular flexibility index (Phi) is 7.15. The van der Waals surface area contributed by atoms with E-state index in [9.17, 15) is 9.59 Å². The molecule has 1 aliphatic rings. The second kappa shape index (κ2) is 9.78. The summed E-state index contributed by atoms with van der Waals surface area (Å²) in [5, 5.41) is 2.99. The van der Waals surface area contributed by atoms with E-state index in [4.69, 9.17) is 0 Å². The summed E-state index contributed by atoms with van der Waals surface area (Å²) in [6.07, 6.45) is 1.53. The van der Waals surface area contributed by atoms with Gasteiger partial charge in [0.2, 0.25) is 11.8 Å². The lowest BCUT2D eigenvalue weighted by molar-refractivity contribution is -0.121. The number of nitrogens with one attached hydrogen (secondary N) is 1. The van der Waals surface area contributed by atoms with Crippen LogP contribution in [0.2, 0.25) is 0 Å². The van der Waals surface area contributed by atoms with E-state index in [1.54, 1.807) is 11.8 Å². The lowest BCUT2D eigenvalue weighted by atomic mass is 10.1. The number of carbonyl (C=O) groups excluding carboxylic acids is 2. The van der Waals surface area contributed by atoms with Gasteiger partial charge in [0.05, 0.1) is 5.25 Å². The van der Waals surface area contributed by atoms with Crippen LogP contribution in [0.15, 0.2) is 54.6 Å². The summed E-state index contributed by atoms with van der Waals surface area (Å²) in [6, 6.07) is 18.1. The molecule has 0 aliphatic carbocycles. The zero-order valence-corrected chi connectivity index (χ0v) is 17.4. The number of amides is 2. The quantitative estimate of drug-likeness (QED) is 0.720. The first-order valence-electron chi connectivity index (χ1n) is 9.87. The molecule has 2 aromatic carbocycles. The molecule has 1 unspecified atom stereocenters. The first kappa shape index (κ1) is 20.5. The molecule has 0 bridgehead atoms. The van der Waals surface area contributed by atoms with Gasteiger partial charge in [0.1, 0.15) is 0 Å². The molecule has 28 heavy (non-hydrogen) atoms. The van der Waals surface area contributed by atoms with Crippen molar-refractivity contribution in [2.24, 2.45) is 5.92 Å². The minimum Gasteiger partial charge on any atom is -0.351 e. The monoisotopic (exact) mass is 396 g/mol. The minimum absolute atomic E-state index is 0.0681. The summed E-state index contributed by atoms with van der Waals surface area (Å²) < 4.78 is 0. The number of benzene rings is 2. The van der Waals surface area contributed by atoms with Crippen molar-refractivity contribution in [2.45, 2.75) is 44.2 Å². The Morgan fingerprint density at radius 1 is 1.11 bits per heavy atom. The molecule has 3 rings (SSSR count). The van der Waals surface area contributed by atoms with E-state index in [1.165, 1.54) is 5.56 Å². The van der Waals surface area contributed by atoms with Crippen LogP contribution in [0.1, 0.15) is 37.8 Å². The number of rotatable bonds is 8. The van der Waals surface area contributed by atoms with Crippen molar-refractivity contribution in [1.29, 1.82) is 0 Å². The Labute approximate surface area is 171 Å². The van der Waals surface area contributed by atoms with Crippen molar-refractivity contribution in [3.05, 3.63) is 65.7 Å². The van der Waals surface area contributed by atoms with Gasteiger partial charge >= 0.3 is 0 Å². The van der Waals surface area contributed by atoms with Crippen molar-refractivity contribution in [2.75, 3.05) is 11.4 Å². The fourth-order valence-electron chi connectivity index (χ4n) is 3.38. The molecular formula is C23H28N2O2S. The largest absolute Gasteiger partial charge is 0.351 e. The van der Waals surface area contributed by atoms with E-state index in [2.05, 4.69) is 31.3 Å². The Morgan fingerprint density at radius 2 is 1.86 bits per heavy atom. The SMILES string of the molecule is CC(C)C(SCc1ccccc1)C(=O)NCc1cccc(N2CCCC2=O)c1. The second-order valence-electron chi connectivity index (χ2n) is 7.50. The molecule has 5 heteroatoms. The average molecular weight is 397 g/mol. The van der Waals surface area contributed by atoms with Crippen LogP contribution in [0.25, 0.3) is 0 Å². The lowest BCUT2D eigenvalue weighted by Gasteiger charge is -2.20. The maximum Gasteiger partial charge on any atom is 0.233 e. The summed E-state index contributed by atoms with van der Waals surface area (Å²) in [5.41, 5.74) is 3.17. The Bertz CT molecular complexity index is 807. The first-order valence-corrected chi connectivity index (χ1v) is 10.9. The summed E-state index contributed by atoms with van der Waals surface area (Å²) in [6.45, 7) is 5.42.